The SMILES string of the molecule is Cc1c(C[C@@H](N)[C@H](C)F)c(Cl)n2nc(Cl)nc(NCc3nccs3)c12. The Balaban J connectivity index is 2.02. The number of anilines is 1. The average Bonchev–Trinajstić information content (AvgIpc) is 3.15. The Morgan fingerprint density at radius 2 is 2.20 bits per heavy atom. The molecule has 0 saturated heterocycles. The number of hydrogen-bond acceptors (Lipinski definition) is 6. The van der Waals surface area contributed by atoms with Crippen LogP contribution in [0.1, 0.15) is 23.1 Å². The fourth-order valence-electron chi connectivity index (χ4n) is 2.56. The fourth-order valence-corrected chi connectivity index (χ4v) is 3.62. The van der Waals surface area contributed by atoms with E-state index < -0.39 is 12.2 Å². The normalized spacial score (nSPS) is 14.0. The second-order valence-corrected chi connectivity index (χ2v) is 7.38. The number of aryl methyl sites for hydroxylation is 1. The minimum Gasteiger partial charge on any atom is -0.362 e. The van der Waals surface area contributed by atoms with Gasteiger partial charge in [-0.3, -0.25) is 0 Å². The third kappa shape index (κ3) is 3.72. The summed E-state index contributed by atoms with van der Waals surface area (Å²) >= 11 is 14.0. The van der Waals surface area contributed by atoms with Gasteiger partial charge in [0, 0.05) is 17.6 Å². The van der Waals surface area contributed by atoms with Crippen LogP contribution in [0.4, 0.5) is 10.2 Å². The lowest BCUT2D eigenvalue weighted by atomic mass is 10.0. The molecule has 0 aliphatic heterocycles. The molecule has 2 atom stereocenters. The second-order valence-electron chi connectivity index (χ2n) is 5.71. The van der Waals surface area contributed by atoms with E-state index in [2.05, 4.69) is 20.4 Å². The lowest BCUT2D eigenvalue weighted by Crippen LogP contribution is -2.31. The van der Waals surface area contributed by atoms with Gasteiger partial charge in [0.2, 0.25) is 5.28 Å². The highest BCUT2D eigenvalue weighted by atomic mass is 35.5. The Bertz CT molecular complexity index is 880. The number of hydrogen-bond donors (Lipinski definition) is 2. The largest absolute Gasteiger partial charge is 0.362 e. The van der Waals surface area contributed by atoms with Crippen molar-refractivity contribution in [1.82, 2.24) is 19.6 Å². The summed E-state index contributed by atoms with van der Waals surface area (Å²) in [4.78, 5) is 8.49. The molecule has 10 heteroatoms. The fraction of sp³-hybridized carbons (Fsp3) is 0.400. The first-order valence-electron chi connectivity index (χ1n) is 7.63. The minimum atomic E-state index is -1.14. The molecule has 134 valence electrons. The molecular formula is C15H17Cl2FN6S. The maximum absolute atomic E-state index is 13.5. The molecule has 0 unspecified atom stereocenters. The second kappa shape index (κ2) is 7.41. The van der Waals surface area contributed by atoms with Crippen LogP contribution < -0.4 is 11.1 Å². The Morgan fingerprint density at radius 3 is 2.84 bits per heavy atom. The highest BCUT2D eigenvalue weighted by Crippen LogP contribution is 2.32. The van der Waals surface area contributed by atoms with Gasteiger partial charge in [0.1, 0.15) is 21.8 Å². The van der Waals surface area contributed by atoms with Gasteiger partial charge in [-0.25, -0.2) is 13.9 Å². The molecular weight excluding hydrogens is 386 g/mol. The van der Waals surface area contributed by atoms with Gasteiger partial charge in [-0.1, -0.05) is 11.6 Å². The van der Waals surface area contributed by atoms with E-state index in [1.165, 1.54) is 22.8 Å². The number of aromatic nitrogens is 4. The van der Waals surface area contributed by atoms with Gasteiger partial charge in [-0.05, 0) is 43.0 Å². The molecule has 3 N–H and O–H groups in total. The molecule has 0 aromatic carbocycles. The number of nitrogens with two attached hydrogens (primary N) is 1. The number of thiazole rings is 1. The predicted octanol–water partition coefficient (Wildman–Crippen LogP) is 3.64. The van der Waals surface area contributed by atoms with Crippen molar-refractivity contribution in [3.63, 3.8) is 0 Å². The van der Waals surface area contributed by atoms with Crippen molar-refractivity contribution in [1.29, 1.82) is 0 Å². The van der Waals surface area contributed by atoms with E-state index in [0.717, 1.165) is 16.1 Å². The van der Waals surface area contributed by atoms with E-state index in [1.54, 1.807) is 6.20 Å². The van der Waals surface area contributed by atoms with Crippen LogP contribution in [0.3, 0.4) is 0 Å². The van der Waals surface area contributed by atoms with E-state index in [4.69, 9.17) is 28.9 Å². The number of halogens is 3. The lowest BCUT2D eigenvalue weighted by molar-refractivity contribution is 0.304. The highest BCUT2D eigenvalue weighted by molar-refractivity contribution is 7.09. The molecule has 3 aromatic heterocycles. The van der Waals surface area contributed by atoms with Gasteiger partial charge < -0.3 is 11.1 Å². The number of nitrogens with zero attached hydrogens (tertiary/aromatic N) is 4. The summed E-state index contributed by atoms with van der Waals surface area (Å²) in [5.41, 5.74) is 8.16. The Hall–Kier alpha value is -1.48. The van der Waals surface area contributed by atoms with Crippen LogP contribution in [0.25, 0.3) is 5.52 Å². The van der Waals surface area contributed by atoms with Crippen molar-refractivity contribution >= 4 is 45.9 Å². The third-order valence-corrected chi connectivity index (χ3v) is 5.31. The van der Waals surface area contributed by atoms with Crippen LogP contribution in [0.15, 0.2) is 11.6 Å². The van der Waals surface area contributed by atoms with Gasteiger partial charge in [-0.15, -0.1) is 16.4 Å². The summed E-state index contributed by atoms with van der Waals surface area (Å²) in [5.74, 6) is 0.544. The molecule has 0 saturated carbocycles. The van der Waals surface area contributed by atoms with Crippen LogP contribution in [-0.2, 0) is 13.0 Å². The highest BCUT2D eigenvalue weighted by Gasteiger charge is 2.23. The summed E-state index contributed by atoms with van der Waals surface area (Å²) in [6.45, 7) is 3.82. The molecule has 25 heavy (non-hydrogen) atoms. The minimum absolute atomic E-state index is 0.0562. The van der Waals surface area contributed by atoms with Crippen molar-refractivity contribution in [3.8, 4) is 0 Å². The standard InChI is InChI=1S/C15H17Cl2FN6S/c1-7-9(5-10(19)8(2)18)13(16)24-12(7)14(22-15(17)23-24)21-6-11-20-3-4-25-11/h3-4,8,10H,5-6,19H2,1-2H3,(H,21,22,23)/t8-,10+/m0/s1. The van der Waals surface area contributed by atoms with E-state index in [9.17, 15) is 4.39 Å². The third-order valence-electron chi connectivity index (χ3n) is 3.99. The number of rotatable bonds is 6. The molecule has 6 nitrogen and oxygen atoms in total. The maximum Gasteiger partial charge on any atom is 0.243 e. The van der Waals surface area contributed by atoms with Crippen LogP contribution in [-0.4, -0.2) is 31.8 Å². The smallest absolute Gasteiger partial charge is 0.243 e. The van der Waals surface area contributed by atoms with Crippen LogP contribution in [0.5, 0.6) is 0 Å². The molecule has 3 heterocycles. The monoisotopic (exact) mass is 402 g/mol. The zero-order valence-electron chi connectivity index (χ0n) is 13.6. The van der Waals surface area contributed by atoms with Crippen LogP contribution >= 0.6 is 34.5 Å². The van der Waals surface area contributed by atoms with E-state index in [1.807, 2.05) is 12.3 Å². The van der Waals surface area contributed by atoms with Gasteiger partial charge in [0.05, 0.1) is 6.54 Å². The molecule has 0 spiro atoms. The Morgan fingerprint density at radius 1 is 1.44 bits per heavy atom. The van der Waals surface area contributed by atoms with Gasteiger partial charge in [-0.2, -0.15) is 4.98 Å². The van der Waals surface area contributed by atoms with Gasteiger partial charge in [0.25, 0.3) is 0 Å². The maximum atomic E-state index is 13.5. The molecule has 0 bridgehead atoms. The molecule has 0 amide bonds. The first-order valence-corrected chi connectivity index (χ1v) is 9.27. The molecule has 0 radical (unpaired) electrons. The zero-order valence-corrected chi connectivity index (χ0v) is 16.0. The molecule has 0 aliphatic rings. The number of fused-ring (bicyclic) bond motifs is 1. The van der Waals surface area contributed by atoms with Gasteiger partial charge >= 0.3 is 0 Å². The zero-order chi connectivity index (χ0) is 18.1. The number of alkyl halides is 1. The van der Waals surface area contributed by atoms with Gasteiger partial charge in [0.15, 0.2) is 5.82 Å². The first-order chi connectivity index (χ1) is 11.9. The Kier molecular flexibility index (Phi) is 5.43. The van der Waals surface area contributed by atoms with E-state index in [0.29, 0.717) is 29.5 Å². The summed E-state index contributed by atoms with van der Waals surface area (Å²) in [7, 11) is 0. The summed E-state index contributed by atoms with van der Waals surface area (Å²) in [5, 5.41) is 10.6. The first kappa shape index (κ1) is 18.3. The topological polar surface area (TPSA) is 81.1 Å². The van der Waals surface area contributed by atoms with Crippen molar-refractivity contribution in [2.75, 3.05) is 5.32 Å². The molecule has 0 aliphatic carbocycles. The lowest BCUT2D eigenvalue weighted by Gasteiger charge is -2.12. The molecule has 3 rings (SSSR count). The predicted molar refractivity (Wildman–Crippen MR) is 99.4 cm³/mol. The summed E-state index contributed by atoms with van der Waals surface area (Å²) < 4.78 is 15.0. The molecule has 3 aromatic rings. The number of nitrogens with one attached hydrogen (secondary N) is 1. The average molecular weight is 403 g/mol. The van der Waals surface area contributed by atoms with Crippen molar-refractivity contribution in [2.24, 2.45) is 5.73 Å². The van der Waals surface area contributed by atoms with Crippen LogP contribution in [0.2, 0.25) is 10.4 Å². The van der Waals surface area contributed by atoms with E-state index >= 15 is 0 Å². The van der Waals surface area contributed by atoms with Crippen LogP contribution in [0, 0.1) is 6.92 Å². The summed E-state index contributed by atoms with van der Waals surface area (Å²) in [6.07, 6.45) is 0.895. The van der Waals surface area contributed by atoms with Crippen molar-refractivity contribution in [2.45, 2.75) is 39.0 Å². The van der Waals surface area contributed by atoms with Crippen molar-refractivity contribution in [3.05, 3.63) is 38.1 Å². The Labute approximate surface area is 158 Å². The van der Waals surface area contributed by atoms with E-state index in [-0.39, 0.29) is 5.28 Å². The molecule has 0 fully saturated rings. The van der Waals surface area contributed by atoms with Crippen molar-refractivity contribution < 1.29 is 4.39 Å². The quantitative estimate of drug-likeness (QED) is 0.657. The summed E-state index contributed by atoms with van der Waals surface area (Å²) in [6, 6.07) is -0.649.